The summed E-state index contributed by atoms with van der Waals surface area (Å²) in [4.78, 5) is 31.0. The van der Waals surface area contributed by atoms with Crippen molar-refractivity contribution in [1.82, 2.24) is 9.88 Å². The predicted octanol–water partition coefficient (Wildman–Crippen LogP) is 8.16. The molecule has 0 saturated carbocycles. The van der Waals surface area contributed by atoms with Crippen LogP contribution >= 0.6 is 0 Å². The smallest absolute Gasteiger partial charge is 0.296 e. The number of halogens is 2. The number of pyridine rings is 1. The summed E-state index contributed by atoms with van der Waals surface area (Å²) in [6, 6.07) is 34.1. The van der Waals surface area contributed by atoms with Crippen molar-refractivity contribution < 1.29 is 23.0 Å². The monoisotopic (exact) mass is 638 g/mol. The van der Waals surface area contributed by atoms with Crippen LogP contribution in [0.25, 0.3) is 10.9 Å². The first-order chi connectivity index (χ1) is 22.9. The van der Waals surface area contributed by atoms with Gasteiger partial charge in [0, 0.05) is 35.7 Å². The van der Waals surface area contributed by atoms with Crippen molar-refractivity contribution in [2.45, 2.75) is 44.8 Å². The molecule has 0 aliphatic rings. The number of alkyl halides is 2. The number of unbranched alkanes of at least 4 members (excludes halogenated alkanes) is 3. The number of carbonyl (C=O) groups is 1. The molecule has 0 bridgehead atoms. The Balaban J connectivity index is 1.17. The third-order valence-corrected chi connectivity index (χ3v) is 8.00. The van der Waals surface area contributed by atoms with Crippen LogP contribution < -0.4 is 10.3 Å². The first kappa shape index (κ1) is 33.7. The number of hydrogen-bond acceptors (Lipinski definition) is 5. The van der Waals surface area contributed by atoms with Crippen LogP contribution in [0.3, 0.4) is 0 Å². The largest absolute Gasteiger partial charge is 0.487 e. The molecule has 0 atom stereocenters. The highest BCUT2D eigenvalue weighted by molar-refractivity contribution is 6.09. The van der Waals surface area contributed by atoms with E-state index in [1.54, 1.807) is 36.4 Å². The van der Waals surface area contributed by atoms with Gasteiger partial charge in [0.25, 0.3) is 5.92 Å². The number of ketones is 1. The molecule has 5 rings (SSSR count). The van der Waals surface area contributed by atoms with E-state index in [0.29, 0.717) is 48.3 Å². The van der Waals surface area contributed by atoms with Crippen molar-refractivity contribution in [3.8, 4) is 5.75 Å². The van der Waals surface area contributed by atoms with Gasteiger partial charge in [-0.2, -0.15) is 8.78 Å². The molecular formula is C39H40F2N2O4. The molecule has 0 spiro atoms. The summed E-state index contributed by atoms with van der Waals surface area (Å²) in [6.45, 7) is 1.47. The van der Waals surface area contributed by atoms with E-state index in [9.17, 15) is 18.4 Å². The number of aromatic nitrogens is 1. The molecule has 1 heterocycles. The van der Waals surface area contributed by atoms with Crippen LogP contribution in [-0.2, 0) is 23.8 Å². The minimum absolute atomic E-state index is 0.0401. The van der Waals surface area contributed by atoms with Gasteiger partial charge in [-0.3, -0.25) is 14.5 Å². The van der Waals surface area contributed by atoms with Crippen LogP contribution in [0.1, 0.15) is 52.7 Å². The van der Waals surface area contributed by atoms with E-state index in [0.717, 1.165) is 30.4 Å². The number of rotatable bonds is 18. The summed E-state index contributed by atoms with van der Waals surface area (Å²) in [5.74, 6) is -2.56. The van der Waals surface area contributed by atoms with Crippen LogP contribution in [-0.4, -0.2) is 42.0 Å². The summed E-state index contributed by atoms with van der Waals surface area (Å²) >= 11 is 0. The first-order valence-corrected chi connectivity index (χ1v) is 16.0. The van der Waals surface area contributed by atoms with Crippen LogP contribution in [0.2, 0.25) is 0 Å². The van der Waals surface area contributed by atoms with E-state index >= 15 is 0 Å². The number of carbonyl (C=O) groups excluding carboxylic acids is 1. The number of nitrogens with one attached hydrogen (secondary N) is 1. The quantitative estimate of drug-likeness (QED) is 0.0775. The molecule has 5 aromatic rings. The fourth-order valence-corrected chi connectivity index (χ4v) is 5.53. The average molecular weight is 639 g/mol. The van der Waals surface area contributed by atoms with Crippen LogP contribution in [0.15, 0.2) is 120 Å². The summed E-state index contributed by atoms with van der Waals surface area (Å²) in [5.41, 5.74) is 2.80. The van der Waals surface area contributed by atoms with Gasteiger partial charge in [-0.25, -0.2) is 0 Å². The molecule has 0 aliphatic carbocycles. The Hall–Kier alpha value is -4.66. The van der Waals surface area contributed by atoms with E-state index in [4.69, 9.17) is 9.47 Å². The number of ether oxygens (including phenoxy) is 2. The third kappa shape index (κ3) is 9.91. The molecule has 0 amide bonds. The Morgan fingerprint density at radius 2 is 1.40 bits per heavy atom. The Morgan fingerprint density at radius 3 is 2.13 bits per heavy atom. The second-order valence-electron chi connectivity index (χ2n) is 11.7. The highest BCUT2D eigenvalue weighted by atomic mass is 19.3. The summed E-state index contributed by atoms with van der Waals surface area (Å²) in [5, 5.41) is 0.637. The molecule has 0 saturated heterocycles. The number of benzene rings is 4. The van der Waals surface area contributed by atoms with Crippen LogP contribution in [0.4, 0.5) is 8.78 Å². The lowest BCUT2D eigenvalue weighted by molar-refractivity contribution is -0.0831. The van der Waals surface area contributed by atoms with Crippen molar-refractivity contribution in [1.29, 1.82) is 0 Å². The molecule has 6 nitrogen and oxygen atoms in total. The Morgan fingerprint density at radius 1 is 0.745 bits per heavy atom. The van der Waals surface area contributed by atoms with E-state index in [-0.39, 0.29) is 30.1 Å². The zero-order valence-electron chi connectivity index (χ0n) is 26.4. The van der Waals surface area contributed by atoms with Gasteiger partial charge < -0.3 is 14.5 Å². The fraction of sp³-hybridized carbons (Fsp3) is 0.282. The van der Waals surface area contributed by atoms with Crippen molar-refractivity contribution >= 4 is 16.7 Å². The molecular weight excluding hydrogens is 598 g/mol. The second kappa shape index (κ2) is 16.8. The van der Waals surface area contributed by atoms with Gasteiger partial charge in [0.05, 0.1) is 12.1 Å². The Kier molecular flexibility index (Phi) is 12.0. The number of fused-ring (bicyclic) bond motifs is 1. The molecule has 4 aromatic carbocycles. The van der Waals surface area contributed by atoms with E-state index < -0.39 is 12.5 Å². The molecule has 0 unspecified atom stereocenters. The molecule has 0 fully saturated rings. The average Bonchev–Trinajstić information content (AvgIpc) is 3.09. The minimum Gasteiger partial charge on any atom is -0.487 e. The SMILES string of the molecule is O=C(CN(CCCCCCOCC(F)(F)c1ccccc1)Cc1ccccc1)c1ccc(OCc2ccccc2)c2[nH]c(=O)ccc12. The summed E-state index contributed by atoms with van der Waals surface area (Å²) in [6.07, 6.45) is 3.26. The summed E-state index contributed by atoms with van der Waals surface area (Å²) in [7, 11) is 0. The highest BCUT2D eigenvalue weighted by Crippen LogP contribution is 2.29. The topological polar surface area (TPSA) is 71.6 Å². The molecule has 8 heteroatoms. The molecule has 1 aromatic heterocycles. The highest BCUT2D eigenvalue weighted by Gasteiger charge is 2.31. The van der Waals surface area contributed by atoms with Gasteiger partial charge in [0.1, 0.15) is 19.0 Å². The van der Waals surface area contributed by atoms with Gasteiger partial charge in [-0.15, -0.1) is 0 Å². The standard InChI is InChI=1S/C39H40F2N2O4/c40-39(41,32-18-10-5-11-19-32)29-46-25-13-2-1-12-24-43(26-30-14-6-3-7-15-30)27-35(44)33-20-22-36(38-34(33)21-23-37(45)42-38)47-28-31-16-8-4-9-17-31/h3-11,14-23H,1-2,12-13,24-29H2,(H,42,45). The summed E-state index contributed by atoms with van der Waals surface area (Å²) < 4.78 is 40.0. The fourth-order valence-electron chi connectivity index (χ4n) is 5.53. The number of hydrogen-bond donors (Lipinski definition) is 1. The molecule has 244 valence electrons. The maximum atomic E-state index is 14.3. The normalized spacial score (nSPS) is 11.6. The molecule has 47 heavy (non-hydrogen) atoms. The zero-order chi connectivity index (χ0) is 32.9. The predicted molar refractivity (Wildman–Crippen MR) is 181 cm³/mol. The molecule has 1 N–H and O–H groups in total. The maximum absolute atomic E-state index is 14.3. The lowest BCUT2D eigenvalue weighted by atomic mass is 10.0. The minimum atomic E-state index is -3.01. The zero-order valence-corrected chi connectivity index (χ0v) is 26.4. The van der Waals surface area contributed by atoms with Gasteiger partial charge in [-0.1, -0.05) is 104 Å². The van der Waals surface area contributed by atoms with E-state index in [1.807, 2.05) is 60.7 Å². The lowest BCUT2D eigenvalue weighted by Crippen LogP contribution is -2.30. The van der Waals surface area contributed by atoms with E-state index in [1.165, 1.54) is 18.2 Å². The second-order valence-corrected chi connectivity index (χ2v) is 11.7. The number of nitrogens with zero attached hydrogens (tertiary/aromatic N) is 1. The van der Waals surface area contributed by atoms with Gasteiger partial charge in [0.2, 0.25) is 5.56 Å². The first-order valence-electron chi connectivity index (χ1n) is 16.0. The van der Waals surface area contributed by atoms with Crippen LogP contribution in [0.5, 0.6) is 5.75 Å². The Bertz CT molecular complexity index is 1760. The van der Waals surface area contributed by atoms with Crippen molar-refractivity contribution in [3.05, 3.63) is 148 Å². The number of Topliss-reactive ketones (excluding diaryl/α,β-unsaturated/α-hetero) is 1. The third-order valence-electron chi connectivity index (χ3n) is 8.00. The molecule has 0 aliphatic heterocycles. The molecule has 0 radical (unpaired) electrons. The van der Waals surface area contributed by atoms with E-state index in [2.05, 4.69) is 9.88 Å². The van der Waals surface area contributed by atoms with Gasteiger partial charge in [-0.05, 0) is 48.7 Å². The van der Waals surface area contributed by atoms with Gasteiger partial charge in [0.15, 0.2) is 5.78 Å². The van der Waals surface area contributed by atoms with Crippen molar-refractivity contribution in [2.24, 2.45) is 0 Å². The maximum Gasteiger partial charge on any atom is 0.296 e. The van der Waals surface area contributed by atoms with Crippen LogP contribution in [0, 0.1) is 0 Å². The van der Waals surface area contributed by atoms with Crippen molar-refractivity contribution in [3.63, 3.8) is 0 Å². The Labute approximate surface area is 274 Å². The van der Waals surface area contributed by atoms with Crippen molar-refractivity contribution in [2.75, 3.05) is 26.3 Å². The number of aromatic amines is 1. The van der Waals surface area contributed by atoms with Gasteiger partial charge >= 0.3 is 0 Å². The number of H-pyrrole nitrogens is 1. The lowest BCUT2D eigenvalue weighted by Gasteiger charge is -2.22.